The van der Waals surface area contributed by atoms with E-state index in [0.717, 1.165) is 26.6 Å². The minimum atomic E-state index is -0.268. The fourth-order valence-corrected chi connectivity index (χ4v) is 3.01. The summed E-state index contributed by atoms with van der Waals surface area (Å²) < 4.78 is 14.1. The SMILES string of the molecule is Fc1ccc2sc(-c3ccc4c(c3)OOC4)nc2c1. The molecule has 1 aliphatic rings. The van der Waals surface area contributed by atoms with Crippen LogP contribution in [0, 0.1) is 5.82 Å². The number of fused-ring (bicyclic) bond motifs is 2. The van der Waals surface area contributed by atoms with Gasteiger partial charge in [-0.25, -0.2) is 9.37 Å². The van der Waals surface area contributed by atoms with Crippen molar-refractivity contribution in [3.05, 3.63) is 47.8 Å². The van der Waals surface area contributed by atoms with Crippen LogP contribution in [0.4, 0.5) is 4.39 Å². The van der Waals surface area contributed by atoms with Crippen molar-refractivity contribution in [1.82, 2.24) is 4.98 Å². The topological polar surface area (TPSA) is 31.4 Å². The van der Waals surface area contributed by atoms with Gasteiger partial charge < -0.3 is 4.89 Å². The van der Waals surface area contributed by atoms with Crippen LogP contribution in [0.2, 0.25) is 0 Å². The van der Waals surface area contributed by atoms with Crippen molar-refractivity contribution in [3.63, 3.8) is 0 Å². The summed E-state index contributed by atoms with van der Waals surface area (Å²) in [6.07, 6.45) is 0. The highest BCUT2D eigenvalue weighted by Crippen LogP contribution is 2.35. The van der Waals surface area contributed by atoms with Gasteiger partial charge >= 0.3 is 0 Å². The van der Waals surface area contributed by atoms with Gasteiger partial charge in [-0.3, -0.25) is 0 Å². The molecule has 0 N–H and O–H groups in total. The molecule has 0 fully saturated rings. The lowest BCUT2D eigenvalue weighted by molar-refractivity contribution is -0.194. The summed E-state index contributed by atoms with van der Waals surface area (Å²) in [5, 5.41) is 0.846. The third kappa shape index (κ3) is 1.78. The van der Waals surface area contributed by atoms with Crippen molar-refractivity contribution in [2.24, 2.45) is 0 Å². The molecular weight excluding hydrogens is 265 g/mol. The first-order valence-electron chi connectivity index (χ1n) is 5.78. The Labute approximate surface area is 112 Å². The van der Waals surface area contributed by atoms with Gasteiger partial charge in [0.1, 0.15) is 17.4 Å². The molecule has 1 aliphatic heterocycles. The first-order chi connectivity index (χ1) is 9.29. The highest BCUT2D eigenvalue weighted by atomic mass is 32.1. The Hall–Kier alpha value is -1.98. The van der Waals surface area contributed by atoms with Crippen LogP contribution in [0.3, 0.4) is 0 Å². The van der Waals surface area contributed by atoms with Crippen LogP contribution in [0.1, 0.15) is 5.56 Å². The summed E-state index contributed by atoms with van der Waals surface area (Å²) in [7, 11) is 0. The van der Waals surface area contributed by atoms with Gasteiger partial charge in [0, 0.05) is 17.2 Å². The predicted molar refractivity (Wildman–Crippen MR) is 70.4 cm³/mol. The quantitative estimate of drug-likeness (QED) is 0.630. The molecule has 94 valence electrons. The second kappa shape index (κ2) is 4.01. The number of nitrogens with zero attached hydrogens (tertiary/aromatic N) is 1. The Morgan fingerprint density at radius 1 is 1.16 bits per heavy atom. The number of rotatable bonds is 1. The average molecular weight is 273 g/mol. The zero-order valence-corrected chi connectivity index (χ0v) is 10.5. The third-order valence-corrected chi connectivity index (χ3v) is 4.11. The zero-order chi connectivity index (χ0) is 12.8. The van der Waals surface area contributed by atoms with Crippen molar-refractivity contribution < 1.29 is 14.2 Å². The fraction of sp³-hybridized carbons (Fsp3) is 0.0714. The van der Waals surface area contributed by atoms with Gasteiger partial charge in [0.05, 0.1) is 10.2 Å². The molecule has 0 aliphatic carbocycles. The van der Waals surface area contributed by atoms with Crippen molar-refractivity contribution in [3.8, 4) is 16.3 Å². The van der Waals surface area contributed by atoms with Gasteiger partial charge in [0.25, 0.3) is 0 Å². The van der Waals surface area contributed by atoms with Crippen LogP contribution in [0.15, 0.2) is 36.4 Å². The van der Waals surface area contributed by atoms with E-state index in [1.807, 2.05) is 18.2 Å². The number of halogens is 1. The molecule has 0 saturated carbocycles. The minimum absolute atomic E-state index is 0.268. The summed E-state index contributed by atoms with van der Waals surface area (Å²) in [4.78, 5) is 14.4. The molecule has 2 heterocycles. The Kier molecular flexibility index (Phi) is 2.30. The van der Waals surface area contributed by atoms with Crippen LogP contribution in [-0.4, -0.2) is 4.98 Å². The number of aromatic nitrogens is 1. The van der Waals surface area contributed by atoms with Crippen molar-refractivity contribution in [2.45, 2.75) is 6.61 Å². The number of benzene rings is 2. The predicted octanol–water partition coefficient (Wildman–Crippen LogP) is 3.93. The molecule has 3 aromatic rings. The van der Waals surface area contributed by atoms with Gasteiger partial charge in [0.15, 0.2) is 5.75 Å². The maximum atomic E-state index is 13.2. The maximum absolute atomic E-state index is 13.2. The van der Waals surface area contributed by atoms with Crippen molar-refractivity contribution in [1.29, 1.82) is 0 Å². The van der Waals surface area contributed by atoms with E-state index in [1.54, 1.807) is 6.07 Å². The van der Waals surface area contributed by atoms with E-state index in [1.165, 1.54) is 23.5 Å². The van der Waals surface area contributed by atoms with Gasteiger partial charge in [-0.15, -0.1) is 11.3 Å². The second-order valence-corrected chi connectivity index (χ2v) is 5.33. The number of hydrogen-bond acceptors (Lipinski definition) is 4. The zero-order valence-electron chi connectivity index (χ0n) is 9.72. The molecule has 4 rings (SSSR count). The van der Waals surface area contributed by atoms with Gasteiger partial charge in [0.2, 0.25) is 0 Å². The van der Waals surface area contributed by atoms with Crippen LogP contribution >= 0.6 is 11.3 Å². The summed E-state index contributed by atoms with van der Waals surface area (Å²) in [6.45, 7) is 0.473. The lowest BCUT2D eigenvalue weighted by Crippen LogP contribution is -1.82. The summed E-state index contributed by atoms with van der Waals surface area (Å²) >= 11 is 1.53. The van der Waals surface area contributed by atoms with Crippen molar-refractivity contribution >= 4 is 21.6 Å². The normalized spacial score (nSPS) is 13.5. The number of thiazole rings is 1. The van der Waals surface area contributed by atoms with Crippen LogP contribution in [0.5, 0.6) is 5.75 Å². The van der Waals surface area contributed by atoms with Gasteiger partial charge in [-0.1, -0.05) is 12.1 Å². The smallest absolute Gasteiger partial charge is 0.171 e. The molecule has 3 nitrogen and oxygen atoms in total. The first kappa shape index (κ1) is 10.9. The van der Waals surface area contributed by atoms with E-state index >= 15 is 0 Å². The molecule has 0 bridgehead atoms. The maximum Gasteiger partial charge on any atom is 0.171 e. The standard InChI is InChI=1S/C14H8FNO2S/c15-10-3-4-13-11(6-10)16-14(19-13)8-1-2-9-7-17-18-12(9)5-8/h1-6H,7H2. The van der Waals surface area contributed by atoms with E-state index in [-0.39, 0.29) is 5.82 Å². The summed E-state index contributed by atoms with van der Waals surface area (Å²) in [5.41, 5.74) is 2.65. The van der Waals surface area contributed by atoms with Crippen molar-refractivity contribution in [2.75, 3.05) is 0 Å². The van der Waals surface area contributed by atoms with Crippen LogP contribution in [0.25, 0.3) is 20.8 Å². The Morgan fingerprint density at radius 3 is 3.05 bits per heavy atom. The minimum Gasteiger partial charge on any atom is -0.337 e. The fourth-order valence-electron chi connectivity index (χ4n) is 2.06. The highest BCUT2D eigenvalue weighted by Gasteiger charge is 2.16. The molecule has 2 aromatic carbocycles. The Morgan fingerprint density at radius 2 is 2.11 bits per heavy atom. The molecule has 0 amide bonds. The van der Waals surface area contributed by atoms with E-state index in [0.29, 0.717) is 12.1 Å². The lowest BCUT2D eigenvalue weighted by atomic mass is 10.1. The lowest BCUT2D eigenvalue weighted by Gasteiger charge is -1.98. The second-order valence-electron chi connectivity index (χ2n) is 4.30. The number of hydrogen-bond donors (Lipinski definition) is 0. The van der Waals surface area contributed by atoms with E-state index in [9.17, 15) is 4.39 Å². The average Bonchev–Trinajstić information content (AvgIpc) is 3.02. The van der Waals surface area contributed by atoms with Crippen LogP contribution < -0.4 is 4.89 Å². The Bertz CT molecular complexity index is 784. The highest BCUT2D eigenvalue weighted by molar-refractivity contribution is 7.21. The van der Waals surface area contributed by atoms with Gasteiger partial charge in [-0.05, 0) is 18.2 Å². The molecule has 5 heteroatoms. The molecule has 0 unspecified atom stereocenters. The van der Waals surface area contributed by atoms with E-state index < -0.39 is 0 Å². The van der Waals surface area contributed by atoms with E-state index in [4.69, 9.17) is 9.78 Å². The molecule has 1 aromatic heterocycles. The first-order valence-corrected chi connectivity index (χ1v) is 6.60. The third-order valence-electron chi connectivity index (χ3n) is 3.03. The molecule has 0 atom stereocenters. The summed E-state index contributed by atoms with van der Waals surface area (Å²) in [6, 6.07) is 10.5. The summed E-state index contributed by atoms with van der Waals surface area (Å²) in [5.74, 6) is 0.456. The van der Waals surface area contributed by atoms with Gasteiger partial charge in [-0.2, -0.15) is 4.89 Å². The van der Waals surface area contributed by atoms with Crippen LogP contribution in [-0.2, 0) is 11.5 Å². The molecule has 0 radical (unpaired) electrons. The molecule has 19 heavy (non-hydrogen) atoms. The molecular formula is C14H8FNO2S. The monoisotopic (exact) mass is 273 g/mol. The van der Waals surface area contributed by atoms with E-state index in [2.05, 4.69) is 4.98 Å². The largest absolute Gasteiger partial charge is 0.337 e. The Balaban J connectivity index is 1.85. The molecule has 0 spiro atoms. The molecule has 0 saturated heterocycles.